The molecule has 1 aromatic rings. The summed E-state index contributed by atoms with van der Waals surface area (Å²) < 4.78 is 4.90. The molecule has 19 heavy (non-hydrogen) atoms. The first-order chi connectivity index (χ1) is 9.10. The lowest BCUT2D eigenvalue weighted by molar-refractivity contribution is -0.163. The molecule has 0 saturated heterocycles. The van der Waals surface area contributed by atoms with Crippen LogP contribution in [0.25, 0.3) is 0 Å². The summed E-state index contributed by atoms with van der Waals surface area (Å²) in [6.45, 7) is 2.92. The van der Waals surface area contributed by atoms with Gasteiger partial charge < -0.3 is 9.73 Å². The summed E-state index contributed by atoms with van der Waals surface area (Å²) in [4.78, 5) is 17.3. The van der Waals surface area contributed by atoms with Gasteiger partial charge in [-0.05, 0) is 31.6 Å². The Morgan fingerprint density at radius 3 is 2.95 bits per heavy atom. The average molecular weight is 262 g/mol. The Labute approximate surface area is 111 Å². The minimum atomic E-state index is -0.402. The predicted molar refractivity (Wildman–Crippen MR) is 69.1 cm³/mol. The van der Waals surface area contributed by atoms with E-state index in [1.807, 2.05) is 7.05 Å². The van der Waals surface area contributed by atoms with E-state index in [9.17, 15) is 4.79 Å². The van der Waals surface area contributed by atoms with Gasteiger partial charge in [0.1, 0.15) is 0 Å². The Morgan fingerprint density at radius 1 is 1.58 bits per heavy atom. The first-order valence-electron chi connectivity index (χ1n) is 6.61. The maximum absolute atomic E-state index is 11.5. The Kier molecular flexibility index (Phi) is 2.69. The van der Waals surface area contributed by atoms with E-state index < -0.39 is 5.97 Å². The van der Waals surface area contributed by atoms with Gasteiger partial charge in [0.05, 0.1) is 19.3 Å². The van der Waals surface area contributed by atoms with Gasteiger partial charge in [0.15, 0.2) is 5.69 Å². The van der Waals surface area contributed by atoms with Gasteiger partial charge in [-0.3, -0.25) is 0 Å². The molecule has 0 aliphatic heterocycles. The molecular formula is C13H18N4O2. The molecule has 6 heteroatoms. The minimum Gasteiger partial charge on any atom is -0.461 e. The fourth-order valence-corrected chi connectivity index (χ4v) is 3.64. The van der Waals surface area contributed by atoms with Crippen LogP contribution in [-0.4, -0.2) is 40.8 Å². The number of nitrogens with zero attached hydrogens (tertiary/aromatic N) is 4. The summed E-state index contributed by atoms with van der Waals surface area (Å²) in [6, 6.07) is 0. The fraction of sp³-hybridized carbons (Fsp3) is 0.692. The van der Waals surface area contributed by atoms with Gasteiger partial charge in [0, 0.05) is 18.7 Å². The maximum Gasteiger partial charge on any atom is 0.360 e. The van der Waals surface area contributed by atoms with Gasteiger partial charge >= 0.3 is 5.97 Å². The highest BCUT2D eigenvalue weighted by molar-refractivity contribution is 5.86. The number of esters is 1. The first-order valence-corrected chi connectivity index (χ1v) is 6.61. The van der Waals surface area contributed by atoms with Crippen molar-refractivity contribution in [1.29, 1.82) is 0 Å². The van der Waals surface area contributed by atoms with Crippen molar-refractivity contribution in [2.75, 3.05) is 13.7 Å². The number of aliphatic imine (C=N–C) groups is 1. The molecule has 0 unspecified atom stereocenters. The molecule has 3 aliphatic carbocycles. The molecular weight excluding hydrogens is 244 g/mol. The van der Waals surface area contributed by atoms with Gasteiger partial charge in [0.2, 0.25) is 0 Å². The number of hydrogen-bond acceptors (Lipinski definition) is 5. The lowest BCUT2D eigenvalue weighted by Crippen LogP contribution is -2.64. The van der Waals surface area contributed by atoms with Gasteiger partial charge in [-0.2, -0.15) is 9.90 Å². The standard InChI is InChI=1S/C13H18N4O2/c1-3-19-11(18)10-4-15-17(16-10)9-13-5-12(6-13,7-13)8-14-2/h4,8H,3,5-7,9H2,1-2H3/b14-8-. The minimum absolute atomic E-state index is 0.290. The number of carbonyl (C=O) groups excluding carboxylic acids is 1. The molecule has 0 spiro atoms. The Balaban J connectivity index is 1.60. The summed E-state index contributed by atoms with van der Waals surface area (Å²) in [6.07, 6.45) is 7.04. The molecule has 0 aromatic carbocycles. The summed E-state index contributed by atoms with van der Waals surface area (Å²) in [7, 11) is 1.83. The van der Waals surface area contributed by atoms with Crippen molar-refractivity contribution in [2.24, 2.45) is 15.8 Å². The van der Waals surface area contributed by atoms with Crippen LogP contribution < -0.4 is 0 Å². The third-order valence-corrected chi connectivity index (χ3v) is 4.08. The second kappa shape index (κ2) is 4.15. The highest BCUT2D eigenvalue weighted by Gasteiger charge is 2.67. The van der Waals surface area contributed by atoms with Crippen LogP contribution >= 0.6 is 0 Å². The molecule has 3 fully saturated rings. The van der Waals surface area contributed by atoms with Crippen molar-refractivity contribution in [3.8, 4) is 0 Å². The van der Waals surface area contributed by atoms with E-state index in [2.05, 4.69) is 21.4 Å². The molecule has 0 radical (unpaired) electrons. The van der Waals surface area contributed by atoms with E-state index in [-0.39, 0.29) is 0 Å². The molecule has 6 nitrogen and oxygen atoms in total. The van der Waals surface area contributed by atoms with Gasteiger partial charge in [-0.1, -0.05) is 0 Å². The maximum atomic E-state index is 11.5. The molecule has 3 saturated carbocycles. The van der Waals surface area contributed by atoms with Crippen molar-refractivity contribution >= 4 is 12.2 Å². The second-order valence-electron chi connectivity index (χ2n) is 5.76. The zero-order valence-electron chi connectivity index (χ0n) is 11.3. The predicted octanol–water partition coefficient (Wildman–Crippen LogP) is 1.33. The summed E-state index contributed by atoms with van der Waals surface area (Å²) in [5, 5.41) is 8.34. The Hall–Kier alpha value is -1.72. The van der Waals surface area contributed by atoms with Crippen molar-refractivity contribution in [3.63, 3.8) is 0 Å². The van der Waals surface area contributed by atoms with Crippen LogP contribution in [0.4, 0.5) is 0 Å². The quantitative estimate of drug-likeness (QED) is 0.593. The van der Waals surface area contributed by atoms with Crippen LogP contribution in [0.5, 0.6) is 0 Å². The third kappa shape index (κ3) is 1.95. The van der Waals surface area contributed by atoms with Crippen molar-refractivity contribution in [3.05, 3.63) is 11.9 Å². The summed E-state index contributed by atoms with van der Waals surface area (Å²) >= 11 is 0. The van der Waals surface area contributed by atoms with Crippen molar-refractivity contribution in [2.45, 2.75) is 32.7 Å². The lowest BCUT2D eigenvalue weighted by atomic mass is 9.35. The smallest absolute Gasteiger partial charge is 0.360 e. The van der Waals surface area contributed by atoms with E-state index in [4.69, 9.17) is 4.74 Å². The van der Waals surface area contributed by atoms with Gasteiger partial charge in [-0.25, -0.2) is 4.79 Å². The fourth-order valence-electron chi connectivity index (χ4n) is 3.64. The molecule has 1 heterocycles. The molecule has 0 atom stereocenters. The molecule has 2 bridgehead atoms. The number of hydrogen-bond donors (Lipinski definition) is 0. The highest BCUT2D eigenvalue weighted by Crippen LogP contribution is 2.72. The molecule has 0 amide bonds. The van der Waals surface area contributed by atoms with Gasteiger partial charge in [0.25, 0.3) is 0 Å². The third-order valence-electron chi connectivity index (χ3n) is 4.08. The normalized spacial score (nSPS) is 31.9. The summed E-state index contributed by atoms with van der Waals surface area (Å²) in [5.74, 6) is -0.402. The molecule has 3 aliphatic rings. The average Bonchev–Trinajstić information content (AvgIpc) is 2.73. The highest BCUT2D eigenvalue weighted by atomic mass is 16.5. The number of aromatic nitrogens is 3. The Bertz CT molecular complexity index is 515. The second-order valence-corrected chi connectivity index (χ2v) is 5.76. The van der Waals surface area contributed by atoms with Crippen LogP contribution in [-0.2, 0) is 11.3 Å². The summed E-state index contributed by atoms with van der Waals surface area (Å²) in [5.41, 5.74) is 0.969. The van der Waals surface area contributed by atoms with Crippen LogP contribution in [0, 0.1) is 10.8 Å². The zero-order chi connectivity index (χ0) is 13.5. The lowest BCUT2D eigenvalue weighted by Gasteiger charge is -2.69. The number of ether oxygens (including phenoxy) is 1. The monoisotopic (exact) mass is 262 g/mol. The SMILES string of the molecule is CCOC(=O)c1cnn(CC23CC(/C=N\C)(C2)C3)n1. The van der Waals surface area contributed by atoms with Gasteiger partial charge in [-0.15, -0.1) is 5.10 Å². The van der Waals surface area contributed by atoms with Crippen LogP contribution in [0.3, 0.4) is 0 Å². The van der Waals surface area contributed by atoms with Crippen LogP contribution in [0.2, 0.25) is 0 Å². The number of carbonyl (C=O) groups is 1. The van der Waals surface area contributed by atoms with E-state index >= 15 is 0 Å². The van der Waals surface area contributed by atoms with E-state index in [1.54, 1.807) is 11.7 Å². The molecule has 1 aromatic heterocycles. The van der Waals surface area contributed by atoms with E-state index in [0.717, 1.165) is 25.8 Å². The molecule has 0 N–H and O–H groups in total. The van der Waals surface area contributed by atoms with Crippen LogP contribution in [0.1, 0.15) is 36.7 Å². The number of rotatable bonds is 5. The largest absolute Gasteiger partial charge is 0.461 e. The van der Waals surface area contributed by atoms with Crippen molar-refractivity contribution < 1.29 is 9.53 Å². The van der Waals surface area contributed by atoms with Crippen molar-refractivity contribution in [1.82, 2.24) is 15.0 Å². The molecule has 4 rings (SSSR count). The topological polar surface area (TPSA) is 69.4 Å². The van der Waals surface area contributed by atoms with E-state index in [0.29, 0.717) is 23.1 Å². The Morgan fingerprint density at radius 2 is 2.32 bits per heavy atom. The first kappa shape index (κ1) is 12.3. The molecule has 102 valence electrons. The van der Waals surface area contributed by atoms with E-state index in [1.165, 1.54) is 6.20 Å². The van der Waals surface area contributed by atoms with Crippen LogP contribution in [0.15, 0.2) is 11.2 Å². The zero-order valence-corrected chi connectivity index (χ0v) is 11.3.